The van der Waals surface area contributed by atoms with E-state index in [1.54, 1.807) is 6.20 Å². The fourth-order valence-corrected chi connectivity index (χ4v) is 2.81. The highest BCUT2D eigenvalue weighted by atomic mass is 16.5. The molecule has 0 N–H and O–H groups in total. The van der Waals surface area contributed by atoms with Gasteiger partial charge < -0.3 is 14.5 Å². The van der Waals surface area contributed by atoms with Crippen LogP contribution in [0.3, 0.4) is 0 Å². The van der Waals surface area contributed by atoms with Crippen LogP contribution in [0.15, 0.2) is 48.7 Å². The summed E-state index contributed by atoms with van der Waals surface area (Å²) in [5.74, 6) is 1.84. The van der Waals surface area contributed by atoms with Crippen molar-refractivity contribution in [3.63, 3.8) is 0 Å². The Morgan fingerprint density at radius 3 is 2.33 bits per heavy atom. The van der Waals surface area contributed by atoms with Gasteiger partial charge in [0, 0.05) is 37.9 Å². The average molecular weight is 325 g/mol. The summed E-state index contributed by atoms with van der Waals surface area (Å²) < 4.78 is 5.62. The van der Waals surface area contributed by atoms with Crippen molar-refractivity contribution in [1.29, 1.82) is 0 Å². The maximum Gasteiger partial charge on any atom is 0.253 e. The number of benzene rings is 1. The molecule has 0 unspecified atom stereocenters. The van der Waals surface area contributed by atoms with Crippen molar-refractivity contribution in [3.8, 4) is 5.75 Å². The van der Waals surface area contributed by atoms with Crippen LogP contribution in [0.4, 0.5) is 5.82 Å². The minimum Gasteiger partial charge on any atom is -0.491 e. The summed E-state index contributed by atoms with van der Waals surface area (Å²) in [5, 5.41) is 0. The maximum atomic E-state index is 12.6. The van der Waals surface area contributed by atoms with Crippen LogP contribution in [0.25, 0.3) is 0 Å². The Morgan fingerprint density at radius 1 is 1.04 bits per heavy atom. The van der Waals surface area contributed by atoms with Crippen LogP contribution in [-0.2, 0) is 0 Å². The van der Waals surface area contributed by atoms with E-state index in [0.29, 0.717) is 18.7 Å². The second-order valence-corrected chi connectivity index (χ2v) is 6.16. The molecule has 1 aliphatic rings. The van der Waals surface area contributed by atoms with Gasteiger partial charge in [-0.3, -0.25) is 4.79 Å². The number of aromatic nitrogens is 1. The van der Waals surface area contributed by atoms with Gasteiger partial charge in [-0.05, 0) is 50.2 Å². The first-order chi connectivity index (χ1) is 11.6. The molecule has 2 aromatic rings. The average Bonchev–Trinajstić information content (AvgIpc) is 2.62. The second kappa shape index (κ2) is 7.34. The van der Waals surface area contributed by atoms with Gasteiger partial charge in [-0.15, -0.1) is 0 Å². The van der Waals surface area contributed by atoms with E-state index < -0.39 is 0 Å². The number of pyridine rings is 1. The van der Waals surface area contributed by atoms with Crippen LogP contribution in [0.5, 0.6) is 5.75 Å². The number of anilines is 1. The zero-order valence-corrected chi connectivity index (χ0v) is 14.2. The first-order valence-corrected chi connectivity index (χ1v) is 8.35. The van der Waals surface area contributed by atoms with Crippen LogP contribution in [0.1, 0.15) is 24.2 Å². The van der Waals surface area contributed by atoms with E-state index in [-0.39, 0.29) is 12.0 Å². The lowest BCUT2D eigenvalue weighted by molar-refractivity contribution is 0.0746. The largest absolute Gasteiger partial charge is 0.491 e. The standard InChI is InChI=1S/C19H23N3O2/c1-15(2)24-17-8-6-16(7-9-17)19(23)22-13-11-21(12-14-22)18-5-3-4-10-20-18/h3-10,15H,11-14H2,1-2H3. The lowest BCUT2D eigenvalue weighted by atomic mass is 10.1. The predicted octanol–water partition coefficient (Wildman–Crippen LogP) is 2.83. The molecule has 1 fully saturated rings. The Hall–Kier alpha value is -2.56. The number of rotatable bonds is 4. The third-order valence-electron chi connectivity index (χ3n) is 4.01. The Kier molecular flexibility index (Phi) is 4.99. The minimum absolute atomic E-state index is 0.0757. The molecule has 24 heavy (non-hydrogen) atoms. The van der Waals surface area contributed by atoms with E-state index in [4.69, 9.17) is 4.74 Å². The van der Waals surface area contributed by atoms with E-state index in [9.17, 15) is 4.79 Å². The third-order valence-corrected chi connectivity index (χ3v) is 4.01. The summed E-state index contributed by atoms with van der Waals surface area (Å²) in [6.45, 7) is 6.99. The quantitative estimate of drug-likeness (QED) is 0.867. The van der Waals surface area contributed by atoms with Gasteiger partial charge in [-0.25, -0.2) is 4.98 Å². The number of piperazine rings is 1. The van der Waals surface area contributed by atoms with Gasteiger partial charge in [0.25, 0.3) is 5.91 Å². The van der Waals surface area contributed by atoms with Crippen molar-refractivity contribution in [2.75, 3.05) is 31.1 Å². The topological polar surface area (TPSA) is 45.7 Å². The molecule has 5 nitrogen and oxygen atoms in total. The summed E-state index contributed by atoms with van der Waals surface area (Å²) in [5.41, 5.74) is 0.706. The fraction of sp³-hybridized carbons (Fsp3) is 0.368. The van der Waals surface area contributed by atoms with E-state index in [1.807, 2.05) is 61.2 Å². The highest BCUT2D eigenvalue weighted by Crippen LogP contribution is 2.17. The molecule has 1 aromatic carbocycles. The molecule has 126 valence electrons. The molecule has 0 spiro atoms. The molecule has 1 amide bonds. The summed E-state index contributed by atoms with van der Waals surface area (Å²) >= 11 is 0. The van der Waals surface area contributed by atoms with Crippen LogP contribution in [0.2, 0.25) is 0 Å². The van der Waals surface area contributed by atoms with E-state index >= 15 is 0 Å². The fourth-order valence-electron chi connectivity index (χ4n) is 2.81. The summed E-state index contributed by atoms with van der Waals surface area (Å²) in [4.78, 5) is 21.1. The highest BCUT2D eigenvalue weighted by Gasteiger charge is 2.22. The number of ether oxygens (including phenoxy) is 1. The van der Waals surface area contributed by atoms with E-state index in [2.05, 4.69) is 9.88 Å². The van der Waals surface area contributed by atoms with Crippen molar-refractivity contribution < 1.29 is 9.53 Å². The Balaban J connectivity index is 1.59. The highest BCUT2D eigenvalue weighted by molar-refractivity contribution is 5.94. The first kappa shape index (κ1) is 16.3. The molecule has 0 aliphatic carbocycles. The lowest BCUT2D eigenvalue weighted by Crippen LogP contribution is -2.49. The molecular formula is C19H23N3O2. The monoisotopic (exact) mass is 325 g/mol. The number of hydrogen-bond acceptors (Lipinski definition) is 4. The van der Waals surface area contributed by atoms with E-state index in [1.165, 1.54) is 0 Å². The van der Waals surface area contributed by atoms with Crippen molar-refractivity contribution in [1.82, 2.24) is 9.88 Å². The van der Waals surface area contributed by atoms with Gasteiger partial charge in [-0.1, -0.05) is 6.07 Å². The van der Waals surface area contributed by atoms with Crippen LogP contribution in [-0.4, -0.2) is 48.1 Å². The Morgan fingerprint density at radius 2 is 1.75 bits per heavy atom. The molecule has 5 heteroatoms. The minimum atomic E-state index is 0.0757. The SMILES string of the molecule is CC(C)Oc1ccc(C(=O)N2CCN(c3ccccn3)CC2)cc1. The molecular weight excluding hydrogens is 302 g/mol. The molecule has 3 rings (SSSR count). The maximum absolute atomic E-state index is 12.6. The van der Waals surface area contributed by atoms with Crippen molar-refractivity contribution in [2.24, 2.45) is 0 Å². The molecule has 1 saturated heterocycles. The number of carbonyl (C=O) groups is 1. The number of amides is 1. The van der Waals surface area contributed by atoms with Crippen molar-refractivity contribution in [3.05, 3.63) is 54.2 Å². The normalized spacial score (nSPS) is 14.8. The molecule has 1 aliphatic heterocycles. The van der Waals surface area contributed by atoms with Gasteiger partial charge in [0.2, 0.25) is 0 Å². The smallest absolute Gasteiger partial charge is 0.253 e. The zero-order chi connectivity index (χ0) is 16.9. The van der Waals surface area contributed by atoms with Crippen molar-refractivity contribution >= 4 is 11.7 Å². The summed E-state index contributed by atoms with van der Waals surface area (Å²) in [6, 6.07) is 13.3. The first-order valence-electron chi connectivity index (χ1n) is 8.35. The van der Waals surface area contributed by atoms with Gasteiger partial charge in [0.1, 0.15) is 11.6 Å². The third kappa shape index (κ3) is 3.85. The van der Waals surface area contributed by atoms with Crippen LogP contribution >= 0.6 is 0 Å². The Bertz CT molecular complexity index is 663. The number of carbonyl (C=O) groups excluding carboxylic acids is 1. The second-order valence-electron chi connectivity index (χ2n) is 6.16. The molecule has 0 radical (unpaired) electrons. The molecule has 0 atom stereocenters. The van der Waals surface area contributed by atoms with Crippen LogP contribution in [0, 0.1) is 0 Å². The van der Waals surface area contributed by atoms with Gasteiger partial charge in [0.05, 0.1) is 6.10 Å². The zero-order valence-electron chi connectivity index (χ0n) is 14.2. The van der Waals surface area contributed by atoms with Crippen molar-refractivity contribution in [2.45, 2.75) is 20.0 Å². The molecule has 0 saturated carbocycles. The molecule has 2 heterocycles. The van der Waals surface area contributed by atoms with Gasteiger partial charge in [-0.2, -0.15) is 0 Å². The predicted molar refractivity (Wildman–Crippen MR) is 94.6 cm³/mol. The lowest BCUT2D eigenvalue weighted by Gasteiger charge is -2.35. The van der Waals surface area contributed by atoms with E-state index in [0.717, 1.165) is 24.7 Å². The number of hydrogen-bond donors (Lipinski definition) is 0. The summed E-state index contributed by atoms with van der Waals surface area (Å²) in [6.07, 6.45) is 1.93. The van der Waals surface area contributed by atoms with Gasteiger partial charge in [0.15, 0.2) is 0 Å². The molecule has 1 aromatic heterocycles. The molecule has 0 bridgehead atoms. The Labute approximate surface area is 142 Å². The van der Waals surface area contributed by atoms with Gasteiger partial charge >= 0.3 is 0 Å². The van der Waals surface area contributed by atoms with Crippen LogP contribution < -0.4 is 9.64 Å². The summed E-state index contributed by atoms with van der Waals surface area (Å²) in [7, 11) is 0. The number of nitrogens with zero attached hydrogens (tertiary/aromatic N) is 3.